The minimum Gasteiger partial charge on any atom is -0.396 e. The number of nitrogens with two attached hydrogens (primary N) is 1. The lowest BCUT2D eigenvalue weighted by molar-refractivity contribution is 0.0727. The fourth-order valence-electron chi connectivity index (χ4n) is 2.00. The molecule has 112 valence electrons. The van der Waals surface area contributed by atoms with E-state index in [-0.39, 0.29) is 5.91 Å². The summed E-state index contributed by atoms with van der Waals surface area (Å²) in [5, 5.41) is 6.50. The maximum atomic E-state index is 12.6. The lowest BCUT2D eigenvalue weighted by atomic mass is 10.2. The zero-order valence-corrected chi connectivity index (χ0v) is 12.4. The second kappa shape index (κ2) is 6.90. The predicted molar refractivity (Wildman–Crippen MR) is 82.7 cm³/mol. The molecule has 0 saturated heterocycles. The van der Waals surface area contributed by atoms with E-state index in [2.05, 4.69) is 10.2 Å². The molecular weight excluding hydrogens is 266 g/mol. The summed E-state index contributed by atoms with van der Waals surface area (Å²) in [5.74, 6) is -0.129. The topological polar surface area (TPSA) is 78.2 Å². The lowest BCUT2D eigenvalue weighted by Crippen LogP contribution is -2.36. The highest BCUT2D eigenvalue weighted by Gasteiger charge is 2.20. The second-order valence-corrected chi connectivity index (χ2v) is 5.22. The zero-order chi connectivity index (χ0) is 15.2. The third-order valence-corrected chi connectivity index (χ3v) is 3.20. The number of nitrogens with zero attached hydrogens (tertiary/aromatic N) is 3. The molecule has 0 aliphatic heterocycles. The summed E-state index contributed by atoms with van der Waals surface area (Å²) in [7, 11) is 3.96. The number of likely N-dealkylation sites (N-methyl/N-ethyl adjacent to an activating group) is 1. The molecule has 3 N–H and O–H groups in total. The Balaban J connectivity index is 2.15. The molecule has 2 rings (SSSR count). The van der Waals surface area contributed by atoms with Gasteiger partial charge in [-0.05, 0) is 19.7 Å². The SMILES string of the molecule is CN(C)CCN(Cc1ccccc1)C(=O)c1[nH]ncc1N. The first-order valence-electron chi connectivity index (χ1n) is 6.84. The second-order valence-electron chi connectivity index (χ2n) is 5.22. The van der Waals surface area contributed by atoms with Gasteiger partial charge in [0.05, 0.1) is 11.9 Å². The molecule has 0 aliphatic rings. The number of hydrogen-bond acceptors (Lipinski definition) is 4. The highest BCUT2D eigenvalue weighted by atomic mass is 16.2. The van der Waals surface area contributed by atoms with E-state index in [1.165, 1.54) is 6.20 Å². The van der Waals surface area contributed by atoms with Crippen LogP contribution in [0.5, 0.6) is 0 Å². The number of nitrogen functional groups attached to an aromatic ring is 1. The minimum absolute atomic E-state index is 0.129. The van der Waals surface area contributed by atoms with Gasteiger partial charge < -0.3 is 15.5 Å². The van der Waals surface area contributed by atoms with Crippen molar-refractivity contribution >= 4 is 11.6 Å². The maximum absolute atomic E-state index is 12.6. The number of aromatic amines is 1. The Kier molecular flexibility index (Phi) is 4.94. The molecule has 0 atom stereocenters. The first-order chi connectivity index (χ1) is 10.1. The van der Waals surface area contributed by atoms with E-state index in [4.69, 9.17) is 5.73 Å². The van der Waals surface area contributed by atoms with Crippen molar-refractivity contribution in [1.82, 2.24) is 20.0 Å². The van der Waals surface area contributed by atoms with Gasteiger partial charge in [-0.2, -0.15) is 5.10 Å². The smallest absolute Gasteiger partial charge is 0.274 e. The molecule has 6 nitrogen and oxygen atoms in total. The van der Waals surface area contributed by atoms with Gasteiger partial charge in [-0.3, -0.25) is 9.89 Å². The number of benzene rings is 1. The molecule has 21 heavy (non-hydrogen) atoms. The summed E-state index contributed by atoms with van der Waals surface area (Å²) >= 11 is 0. The number of carbonyl (C=O) groups excluding carboxylic acids is 1. The van der Waals surface area contributed by atoms with E-state index in [0.717, 1.165) is 12.1 Å². The molecule has 0 aliphatic carbocycles. The van der Waals surface area contributed by atoms with Crippen molar-refractivity contribution in [3.63, 3.8) is 0 Å². The van der Waals surface area contributed by atoms with Crippen molar-refractivity contribution in [3.05, 3.63) is 47.8 Å². The summed E-state index contributed by atoms with van der Waals surface area (Å²) in [6.07, 6.45) is 1.46. The lowest BCUT2D eigenvalue weighted by Gasteiger charge is -2.24. The quantitative estimate of drug-likeness (QED) is 0.836. The summed E-state index contributed by atoms with van der Waals surface area (Å²) in [6, 6.07) is 9.91. The van der Waals surface area contributed by atoms with Crippen LogP contribution in [-0.2, 0) is 6.54 Å². The molecule has 1 aromatic carbocycles. The van der Waals surface area contributed by atoms with E-state index in [0.29, 0.717) is 24.5 Å². The van der Waals surface area contributed by atoms with Crippen molar-refractivity contribution in [1.29, 1.82) is 0 Å². The van der Waals surface area contributed by atoms with Crippen LogP contribution < -0.4 is 5.73 Å². The van der Waals surface area contributed by atoms with Crippen LogP contribution in [0.2, 0.25) is 0 Å². The highest BCUT2D eigenvalue weighted by Crippen LogP contribution is 2.13. The van der Waals surface area contributed by atoms with Crippen LogP contribution in [0.25, 0.3) is 0 Å². The standard InChI is InChI=1S/C15H21N5O/c1-19(2)8-9-20(11-12-6-4-3-5-7-12)15(21)14-13(16)10-17-18-14/h3-7,10H,8-9,11,16H2,1-2H3,(H,17,18). The summed E-state index contributed by atoms with van der Waals surface area (Å²) in [4.78, 5) is 16.4. The van der Waals surface area contributed by atoms with Crippen LogP contribution in [0, 0.1) is 0 Å². The van der Waals surface area contributed by atoms with Crippen molar-refractivity contribution in [3.8, 4) is 0 Å². The molecule has 2 aromatic rings. The molecular formula is C15H21N5O. The van der Waals surface area contributed by atoms with Gasteiger partial charge >= 0.3 is 0 Å². The van der Waals surface area contributed by atoms with Crippen molar-refractivity contribution in [2.24, 2.45) is 0 Å². The predicted octanol–water partition coefficient (Wildman–Crippen LogP) is 1.20. The molecule has 1 amide bonds. The fraction of sp³-hybridized carbons (Fsp3) is 0.333. The number of hydrogen-bond donors (Lipinski definition) is 2. The van der Waals surface area contributed by atoms with Gasteiger partial charge in [0.2, 0.25) is 0 Å². The Bertz CT molecular complexity index is 579. The van der Waals surface area contributed by atoms with E-state index in [1.54, 1.807) is 4.90 Å². The first-order valence-corrected chi connectivity index (χ1v) is 6.84. The zero-order valence-electron chi connectivity index (χ0n) is 12.4. The molecule has 0 bridgehead atoms. The average Bonchev–Trinajstić information content (AvgIpc) is 2.90. The number of rotatable bonds is 6. The van der Waals surface area contributed by atoms with Gasteiger partial charge in [0, 0.05) is 19.6 Å². The van der Waals surface area contributed by atoms with Crippen LogP contribution in [0.1, 0.15) is 16.1 Å². The number of anilines is 1. The Hall–Kier alpha value is -2.34. The van der Waals surface area contributed by atoms with Crippen LogP contribution >= 0.6 is 0 Å². The van der Waals surface area contributed by atoms with Crippen LogP contribution in [-0.4, -0.2) is 53.1 Å². The molecule has 6 heteroatoms. The molecule has 0 saturated carbocycles. The van der Waals surface area contributed by atoms with Gasteiger partial charge in [-0.15, -0.1) is 0 Å². The number of nitrogens with one attached hydrogen (secondary N) is 1. The number of H-pyrrole nitrogens is 1. The van der Waals surface area contributed by atoms with Crippen molar-refractivity contribution in [2.75, 3.05) is 32.9 Å². The summed E-state index contributed by atoms with van der Waals surface area (Å²) in [5.41, 5.74) is 7.59. The third kappa shape index (κ3) is 4.06. The Labute approximate surface area is 124 Å². The molecule has 0 unspecified atom stereocenters. The third-order valence-electron chi connectivity index (χ3n) is 3.20. The Morgan fingerprint density at radius 2 is 1.95 bits per heavy atom. The van der Waals surface area contributed by atoms with Crippen molar-refractivity contribution < 1.29 is 4.79 Å². The van der Waals surface area contributed by atoms with E-state index >= 15 is 0 Å². The van der Waals surface area contributed by atoms with Gasteiger partial charge in [-0.25, -0.2) is 0 Å². The van der Waals surface area contributed by atoms with Crippen molar-refractivity contribution in [2.45, 2.75) is 6.54 Å². The Morgan fingerprint density at radius 1 is 1.24 bits per heavy atom. The van der Waals surface area contributed by atoms with E-state index in [1.807, 2.05) is 49.3 Å². The van der Waals surface area contributed by atoms with Crippen LogP contribution in [0.15, 0.2) is 36.5 Å². The molecule has 1 aromatic heterocycles. The van der Waals surface area contributed by atoms with Gasteiger partial charge in [0.25, 0.3) is 5.91 Å². The molecule has 0 radical (unpaired) electrons. The van der Waals surface area contributed by atoms with Gasteiger partial charge in [-0.1, -0.05) is 30.3 Å². The Morgan fingerprint density at radius 3 is 2.52 bits per heavy atom. The van der Waals surface area contributed by atoms with E-state index in [9.17, 15) is 4.79 Å². The molecule has 0 spiro atoms. The monoisotopic (exact) mass is 287 g/mol. The first kappa shape index (κ1) is 15.1. The number of carbonyl (C=O) groups is 1. The minimum atomic E-state index is -0.129. The normalized spacial score (nSPS) is 10.8. The molecule has 1 heterocycles. The fourth-order valence-corrected chi connectivity index (χ4v) is 2.00. The average molecular weight is 287 g/mol. The van der Waals surface area contributed by atoms with Crippen LogP contribution in [0.4, 0.5) is 5.69 Å². The number of amides is 1. The van der Waals surface area contributed by atoms with Gasteiger partial charge in [0.15, 0.2) is 0 Å². The van der Waals surface area contributed by atoms with Crippen LogP contribution in [0.3, 0.4) is 0 Å². The number of aromatic nitrogens is 2. The summed E-state index contributed by atoms with van der Waals surface area (Å²) < 4.78 is 0. The molecule has 0 fully saturated rings. The van der Waals surface area contributed by atoms with Gasteiger partial charge in [0.1, 0.15) is 5.69 Å². The maximum Gasteiger partial charge on any atom is 0.274 e. The summed E-state index contributed by atoms with van der Waals surface area (Å²) in [6.45, 7) is 1.96. The van der Waals surface area contributed by atoms with E-state index < -0.39 is 0 Å². The highest BCUT2D eigenvalue weighted by molar-refractivity contribution is 5.96. The largest absolute Gasteiger partial charge is 0.396 e.